The molecule has 2 N–H and O–H groups in total. The van der Waals surface area contributed by atoms with Crippen LogP contribution in [0.25, 0.3) is 0 Å². The molecule has 0 aromatic heterocycles. The molecule has 5 heteroatoms. The SMILES string of the molecule is NC(CCCC(F)(F)F)Cc1cccc(Cl)c1. The summed E-state index contributed by atoms with van der Waals surface area (Å²) in [7, 11) is 0. The zero-order chi connectivity index (χ0) is 12.9. The standard InChI is InChI=1S/C12H15ClF3N/c13-10-4-1-3-9(7-10)8-11(17)5-2-6-12(14,15)16/h1,3-4,7,11H,2,5-6,8,17H2. The molecule has 0 bridgehead atoms. The molecule has 17 heavy (non-hydrogen) atoms. The molecule has 0 fully saturated rings. The van der Waals surface area contributed by atoms with E-state index in [1.54, 1.807) is 18.2 Å². The largest absolute Gasteiger partial charge is 0.389 e. The van der Waals surface area contributed by atoms with E-state index in [-0.39, 0.29) is 12.5 Å². The van der Waals surface area contributed by atoms with Crippen LogP contribution in [-0.4, -0.2) is 12.2 Å². The van der Waals surface area contributed by atoms with Gasteiger partial charge >= 0.3 is 6.18 Å². The zero-order valence-electron chi connectivity index (χ0n) is 9.30. The molecular formula is C12H15ClF3N. The maximum Gasteiger partial charge on any atom is 0.389 e. The number of nitrogens with two attached hydrogens (primary N) is 1. The van der Waals surface area contributed by atoms with Gasteiger partial charge in [-0.25, -0.2) is 0 Å². The highest BCUT2D eigenvalue weighted by Crippen LogP contribution is 2.23. The maximum atomic E-state index is 11.9. The van der Waals surface area contributed by atoms with Crippen molar-refractivity contribution in [2.24, 2.45) is 5.73 Å². The van der Waals surface area contributed by atoms with Crippen molar-refractivity contribution in [2.75, 3.05) is 0 Å². The Hall–Kier alpha value is -0.740. The van der Waals surface area contributed by atoms with E-state index in [9.17, 15) is 13.2 Å². The van der Waals surface area contributed by atoms with Crippen LogP contribution in [0.1, 0.15) is 24.8 Å². The second-order valence-corrected chi connectivity index (χ2v) is 4.54. The predicted octanol–water partition coefficient (Wildman–Crippen LogP) is 3.94. The average Bonchev–Trinajstić information content (AvgIpc) is 2.15. The number of benzene rings is 1. The van der Waals surface area contributed by atoms with E-state index in [4.69, 9.17) is 17.3 Å². The first kappa shape index (κ1) is 14.3. The molecule has 1 unspecified atom stereocenters. The van der Waals surface area contributed by atoms with Gasteiger partial charge in [0, 0.05) is 17.5 Å². The second kappa shape index (κ2) is 6.26. The first-order valence-corrected chi connectivity index (χ1v) is 5.81. The van der Waals surface area contributed by atoms with Crippen molar-refractivity contribution in [3.63, 3.8) is 0 Å². The molecule has 96 valence electrons. The third-order valence-electron chi connectivity index (χ3n) is 2.42. The normalized spacial score (nSPS) is 13.7. The van der Waals surface area contributed by atoms with Crippen molar-refractivity contribution < 1.29 is 13.2 Å². The predicted molar refractivity (Wildman–Crippen MR) is 63.0 cm³/mol. The van der Waals surface area contributed by atoms with Crippen LogP contribution >= 0.6 is 11.6 Å². The molecule has 0 saturated heterocycles. The molecule has 1 aromatic rings. The Morgan fingerprint density at radius 3 is 2.59 bits per heavy atom. The monoisotopic (exact) mass is 265 g/mol. The lowest BCUT2D eigenvalue weighted by atomic mass is 10.0. The fourth-order valence-corrected chi connectivity index (χ4v) is 1.85. The van der Waals surface area contributed by atoms with Gasteiger partial charge in [0.05, 0.1) is 0 Å². The number of hydrogen-bond donors (Lipinski definition) is 1. The number of halogens is 4. The van der Waals surface area contributed by atoms with Gasteiger partial charge in [-0.2, -0.15) is 13.2 Å². The minimum atomic E-state index is -4.09. The van der Waals surface area contributed by atoms with Gasteiger partial charge in [0.15, 0.2) is 0 Å². The summed E-state index contributed by atoms with van der Waals surface area (Å²) in [5, 5.41) is 0.616. The van der Waals surface area contributed by atoms with E-state index < -0.39 is 12.6 Å². The van der Waals surface area contributed by atoms with Gasteiger partial charge in [-0.15, -0.1) is 0 Å². The molecule has 1 aromatic carbocycles. The molecular weight excluding hydrogens is 251 g/mol. The van der Waals surface area contributed by atoms with Crippen LogP contribution in [0.2, 0.25) is 5.02 Å². The highest BCUT2D eigenvalue weighted by molar-refractivity contribution is 6.30. The summed E-state index contributed by atoms with van der Waals surface area (Å²) in [6, 6.07) is 6.96. The molecule has 0 aliphatic heterocycles. The molecule has 0 heterocycles. The molecule has 1 atom stereocenters. The fourth-order valence-electron chi connectivity index (χ4n) is 1.63. The average molecular weight is 266 g/mol. The van der Waals surface area contributed by atoms with Crippen molar-refractivity contribution >= 4 is 11.6 Å². The molecule has 0 amide bonds. The first-order valence-electron chi connectivity index (χ1n) is 5.43. The van der Waals surface area contributed by atoms with E-state index >= 15 is 0 Å². The number of rotatable bonds is 5. The summed E-state index contributed by atoms with van der Waals surface area (Å²) in [6.07, 6.45) is -3.86. The summed E-state index contributed by atoms with van der Waals surface area (Å²) in [6.45, 7) is 0. The third-order valence-corrected chi connectivity index (χ3v) is 2.66. The van der Waals surface area contributed by atoms with Crippen molar-refractivity contribution in [1.29, 1.82) is 0 Å². The van der Waals surface area contributed by atoms with Gasteiger partial charge in [0.1, 0.15) is 0 Å². The van der Waals surface area contributed by atoms with Gasteiger partial charge in [-0.3, -0.25) is 0 Å². The third kappa shape index (κ3) is 6.54. The lowest BCUT2D eigenvalue weighted by Crippen LogP contribution is -2.23. The maximum absolute atomic E-state index is 11.9. The Bertz CT molecular complexity index is 352. The van der Waals surface area contributed by atoms with Crippen LogP contribution in [-0.2, 0) is 6.42 Å². The summed E-state index contributed by atoms with van der Waals surface area (Å²) >= 11 is 5.80. The molecule has 1 nitrogen and oxygen atoms in total. The van der Waals surface area contributed by atoms with Gasteiger partial charge in [0.2, 0.25) is 0 Å². The van der Waals surface area contributed by atoms with Crippen LogP contribution in [0.5, 0.6) is 0 Å². The smallest absolute Gasteiger partial charge is 0.327 e. The van der Waals surface area contributed by atoms with Crippen LogP contribution in [0.4, 0.5) is 13.2 Å². The molecule has 1 rings (SSSR count). The van der Waals surface area contributed by atoms with Crippen molar-refractivity contribution in [3.8, 4) is 0 Å². The second-order valence-electron chi connectivity index (χ2n) is 4.10. The summed E-state index contributed by atoms with van der Waals surface area (Å²) in [4.78, 5) is 0. The van der Waals surface area contributed by atoms with Crippen LogP contribution in [0.3, 0.4) is 0 Å². The van der Waals surface area contributed by atoms with Crippen molar-refractivity contribution in [1.82, 2.24) is 0 Å². The number of alkyl halides is 3. The van der Waals surface area contributed by atoms with Crippen LogP contribution in [0.15, 0.2) is 24.3 Å². The van der Waals surface area contributed by atoms with Gasteiger partial charge in [0.25, 0.3) is 0 Å². The van der Waals surface area contributed by atoms with E-state index in [1.807, 2.05) is 6.07 Å². The molecule has 0 spiro atoms. The van der Waals surface area contributed by atoms with Gasteiger partial charge in [-0.05, 0) is 37.0 Å². The van der Waals surface area contributed by atoms with E-state index in [2.05, 4.69) is 0 Å². The lowest BCUT2D eigenvalue weighted by Gasteiger charge is -2.12. The Balaban J connectivity index is 2.32. The van der Waals surface area contributed by atoms with Gasteiger partial charge in [-0.1, -0.05) is 23.7 Å². The Morgan fingerprint density at radius 2 is 2.00 bits per heavy atom. The Labute approximate surface area is 104 Å². The van der Waals surface area contributed by atoms with Gasteiger partial charge < -0.3 is 5.73 Å². The molecule has 0 aliphatic carbocycles. The zero-order valence-corrected chi connectivity index (χ0v) is 10.1. The van der Waals surface area contributed by atoms with E-state index in [1.165, 1.54) is 0 Å². The number of hydrogen-bond acceptors (Lipinski definition) is 1. The molecule has 0 radical (unpaired) electrons. The van der Waals surface area contributed by atoms with E-state index in [0.29, 0.717) is 17.9 Å². The quantitative estimate of drug-likeness (QED) is 0.857. The summed E-state index contributed by atoms with van der Waals surface area (Å²) in [5.41, 5.74) is 6.73. The fraction of sp³-hybridized carbons (Fsp3) is 0.500. The van der Waals surface area contributed by atoms with Crippen molar-refractivity contribution in [3.05, 3.63) is 34.9 Å². The summed E-state index contributed by atoms with van der Waals surface area (Å²) in [5.74, 6) is 0. The Kier molecular flexibility index (Phi) is 5.28. The van der Waals surface area contributed by atoms with Crippen LogP contribution in [0, 0.1) is 0 Å². The minimum Gasteiger partial charge on any atom is -0.327 e. The van der Waals surface area contributed by atoms with E-state index in [0.717, 1.165) is 5.56 Å². The minimum absolute atomic E-state index is 0.0746. The van der Waals surface area contributed by atoms with Crippen molar-refractivity contribution in [2.45, 2.75) is 37.9 Å². The lowest BCUT2D eigenvalue weighted by molar-refractivity contribution is -0.135. The molecule has 0 aliphatic rings. The topological polar surface area (TPSA) is 26.0 Å². The van der Waals surface area contributed by atoms with Crippen LogP contribution < -0.4 is 5.73 Å². The summed E-state index contributed by atoms with van der Waals surface area (Å²) < 4.78 is 35.8. The first-order chi connectivity index (χ1) is 7.87. The molecule has 0 saturated carbocycles. The highest BCUT2D eigenvalue weighted by atomic mass is 35.5. The highest BCUT2D eigenvalue weighted by Gasteiger charge is 2.26. The Morgan fingerprint density at radius 1 is 1.29 bits per heavy atom.